The van der Waals surface area contributed by atoms with Gasteiger partial charge >= 0.3 is 0 Å². The van der Waals surface area contributed by atoms with Crippen molar-refractivity contribution < 1.29 is 8.81 Å². The molecular formula is C21H18FN5O. The summed E-state index contributed by atoms with van der Waals surface area (Å²) in [6.45, 7) is 4.17. The summed E-state index contributed by atoms with van der Waals surface area (Å²) < 4.78 is 20.6. The molecule has 0 spiro atoms. The van der Waals surface area contributed by atoms with Gasteiger partial charge < -0.3 is 9.73 Å². The summed E-state index contributed by atoms with van der Waals surface area (Å²) in [5.41, 5.74) is 4.18. The number of halogens is 1. The molecule has 0 bridgehead atoms. The zero-order valence-electron chi connectivity index (χ0n) is 15.7. The van der Waals surface area contributed by atoms with E-state index in [4.69, 9.17) is 4.42 Å². The van der Waals surface area contributed by atoms with Crippen molar-refractivity contribution in [3.63, 3.8) is 0 Å². The molecule has 2 aromatic heterocycles. The maximum absolute atomic E-state index is 15.0. The van der Waals surface area contributed by atoms with Crippen LogP contribution in [0, 0.1) is 31.0 Å². The van der Waals surface area contributed by atoms with Crippen LogP contribution in [0.15, 0.2) is 34.9 Å². The van der Waals surface area contributed by atoms with Crippen molar-refractivity contribution in [1.29, 1.82) is 5.26 Å². The Morgan fingerprint density at radius 3 is 2.71 bits per heavy atom. The number of oxazole rings is 1. The predicted molar refractivity (Wildman–Crippen MR) is 104 cm³/mol. The lowest BCUT2D eigenvalue weighted by molar-refractivity contribution is 0.533. The number of nitriles is 1. The van der Waals surface area contributed by atoms with Gasteiger partial charge in [0.2, 0.25) is 0 Å². The molecule has 2 N–H and O–H groups in total. The molecule has 0 saturated carbocycles. The topological polar surface area (TPSA) is 90.5 Å². The maximum atomic E-state index is 15.0. The van der Waals surface area contributed by atoms with Gasteiger partial charge in [-0.1, -0.05) is 6.07 Å². The molecule has 140 valence electrons. The Hall–Kier alpha value is -3.50. The van der Waals surface area contributed by atoms with Crippen LogP contribution in [-0.4, -0.2) is 22.2 Å². The highest BCUT2D eigenvalue weighted by molar-refractivity contribution is 5.96. The smallest absolute Gasteiger partial charge is 0.191 e. The molecule has 0 radical (unpaired) electrons. The summed E-state index contributed by atoms with van der Waals surface area (Å²) in [5, 5.41) is 20.6. The average molecular weight is 375 g/mol. The fourth-order valence-corrected chi connectivity index (χ4v) is 3.48. The number of aromatic nitrogens is 3. The van der Waals surface area contributed by atoms with Crippen LogP contribution in [0.4, 0.5) is 4.39 Å². The van der Waals surface area contributed by atoms with Gasteiger partial charge in [-0.15, -0.1) is 0 Å². The molecule has 4 rings (SSSR count). The average Bonchev–Trinajstić information content (AvgIpc) is 3.26. The van der Waals surface area contributed by atoms with Crippen molar-refractivity contribution in [2.24, 2.45) is 0 Å². The summed E-state index contributed by atoms with van der Waals surface area (Å²) >= 11 is 0. The summed E-state index contributed by atoms with van der Waals surface area (Å²) in [4.78, 5) is 4.11. The molecular weight excluding hydrogens is 357 g/mol. The first kappa shape index (κ1) is 17.9. The third-order valence-electron chi connectivity index (χ3n) is 4.67. The van der Waals surface area contributed by atoms with Crippen molar-refractivity contribution in [3.8, 4) is 28.7 Å². The second-order valence-corrected chi connectivity index (χ2v) is 6.67. The van der Waals surface area contributed by atoms with Crippen LogP contribution in [0.2, 0.25) is 0 Å². The van der Waals surface area contributed by atoms with E-state index in [1.807, 2.05) is 20.0 Å². The number of aromatic amines is 1. The summed E-state index contributed by atoms with van der Waals surface area (Å²) in [5.74, 6) is 0.685. The van der Waals surface area contributed by atoms with Gasteiger partial charge in [0, 0.05) is 30.0 Å². The fourth-order valence-electron chi connectivity index (χ4n) is 3.48. The molecule has 6 nitrogen and oxygen atoms in total. The molecule has 0 atom stereocenters. The first-order valence-electron chi connectivity index (χ1n) is 8.81. The molecule has 28 heavy (non-hydrogen) atoms. The largest absolute Gasteiger partial charge is 0.439 e. The van der Waals surface area contributed by atoms with Crippen LogP contribution in [0.3, 0.4) is 0 Å². The van der Waals surface area contributed by atoms with E-state index in [2.05, 4.69) is 26.6 Å². The Bertz CT molecular complexity index is 1210. The zero-order chi connectivity index (χ0) is 19.8. The molecule has 7 heteroatoms. The molecule has 0 aliphatic heterocycles. The summed E-state index contributed by atoms with van der Waals surface area (Å²) in [6, 6.07) is 9.07. The lowest BCUT2D eigenvalue weighted by Gasteiger charge is -2.12. The maximum Gasteiger partial charge on any atom is 0.191 e. The van der Waals surface area contributed by atoms with E-state index in [9.17, 15) is 5.26 Å². The first-order chi connectivity index (χ1) is 13.5. The first-order valence-corrected chi connectivity index (χ1v) is 8.81. The number of hydrogen-bond donors (Lipinski definition) is 2. The highest BCUT2D eigenvalue weighted by Crippen LogP contribution is 2.36. The van der Waals surface area contributed by atoms with Crippen molar-refractivity contribution in [3.05, 3.63) is 58.9 Å². The van der Waals surface area contributed by atoms with Crippen LogP contribution < -0.4 is 5.32 Å². The Kier molecular flexibility index (Phi) is 4.41. The molecule has 0 saturated heterocycles. The number of nitrogens with one attached hydrogen (secondary N) is 2. The van der Waals surface area contributed by atoms with Crippen LogP contribution in [0.25, 0.3) is 33.5 Å². The van der Waals surface area contributed by atoms with Crippen LogP contribution >= 0.6 is 0 Å². The lowest BCUT2D eigenvalue weighted by atomic mass is 9.92. The second-order valence-electron chi connectivity index (χ2n) is 6.67. The van der Waals surface area contributed by atoms with E-state index < -0.39 is 0 Å². The molecule has 0 unspecified atom stereocenters. The molecule has 0 fully saturated rings. The van der Waals surface area contributed by atoms with Gasteiger partial charge in [0.1, 0.15) is 11.5 Å². The third kappa shape index (κ3) is 2.94. The molecule has 0 amide bonds. The van der Waals surface area contributed by atoms with Crippen molar-refractivity contribution >= 4 is 10.9 Å². The third-order valence-corrected chi connectivity index (χ3v) is 4.67. The Morgan fingerprint density at radius 2 is 2.07 bits per heavy atom. The van der Waals surface area contributed by atoms with E-state index in [-0.39, 0.29) is 5.82 Å². The van der Waals surface area contributed by atoms with Gasteiger partial charge in [0.15, 0.2) is 11.7 Å². The van der Waals surface area contributed by atoms with E-state index in [0.717, 1.165) is 16.5 Å². The Morgan fingerprint density at radius 1 is 1.25 bits per heavy atom. The zero-order valence-corrected chi connectivity index (χ0v) is 15.7. The quantitative estimate of drug-likeness (QED) is 0.557. The summed E-state index contributed by atoms with van der Waals surface area (Å²) in [7, 11) is 1.81. The minimum Gasteiger partial charge on any atom is -0.439 e. The number of benzene rings is 2. The van der Waals surface area contributed by atoms with Gasteiger partial charge in [-0.05, 0) is 43.3 Å². The van der Waals surface area contributed by atoms with Crippen molar-refractivity contribution in [2.45, 2.75) is 20.4 Å². The van der Waals surface area contributed by atoms with E-state index in [0.29, 0.717) is 46.1 Å². The number of H-pyrrole nitrogens is 1. The highest BCUT2D eigenvalue weighted by atomic mass is 19.1. The minimum absolute atomic E-state index is 0.360. The predicted octanol–water partition coefficient (Wildman–Crippen LogP) is 4.23. The highest BCUT2D eigenvalue weighted by Gasteiger charge is 2.19. The van der Waals surface area contributed by atoms with E-state index in [1.54, 1.807) is 25.3 Å². The second kappa shape index (κ2) is 6.91. The normalized spacial score (nSPS) is 11.1. The lowest BCUT2D eigenvalue weighted by Crippen LogP contribution is -2.06. The van der Waals surface area contributed by atoms with Crippen molar-refractivity contribution in [1.82, 2.24) is 20.5 Å². The Balaban J connectivity index is 1.95. The van der Waals surface area contributed by atoms with Gasteiger partial charge in [0.25, 0.3) is 0 Å². The van der Waals surface area contributed by atoms with Gasteiger partial charge in [-0.25, -0.2) is 9.37 Å². The van der Waals surface area contributed by atoms with Crippen LogP contribution in [-0.2, 0) is 6.54 Å². The van der Waals surface area contributed by atoms with Crippen LogP contribution in [0.5, 0.6) is 0 Å². The molecule has 4 aromatic rings. The van der Waals surface area contributed by atoms with Crippen LogP contribution in [0.1, 0.15) is 22.6 Å². The SMILES string of the molecule is CNCc1cc(C)c(-c2cc3c(-c4cnc(C)o4)n[nH]c3cc2C#N)c(F)c1. The Labute approximate surface area is 161 Å². The standard InChI is InChI=1S/C21H18FN5O/c1-11-4-13(9-24-3)5-17(22)20(11)15-7-16-18(6-14(15)8-23)26-27-21(16)19-10-25-12(2)28-19/h4-7,10,24H,9H2,1-3H3,(H,26,27). The monoisotopic (exact) mass is 375 g/mol. The van der Waals surface area contributed by atoms with Gasteiger partial charge in [0.05, 0.1) is 23.3 Å². The molecule has 2 heterocycles. The molecule has 2 aromatic carbocycles. The van der Waals surface area contributed by atoms with Gasteiger partial charge in [-0.2, -0.15) is 10.4 Å². The number of aryl methyl sites for hydroxylation is 2. The van der Waals surface area contributed by atoms with E-state index in [1.165, 1.54) is 6.07 Å². The minimum atomic E-state index is -0.360. The van der Waals surface area contributed by atoms with E-state index >= 15 is 4.39 Å². The molecule has 0 aliphatic rings. The van der Waals surface area contributed by atoms with Gasteiger partial charge in [-0.3, -0.25) is 5.10 Å². The molecule has 0 aliphatic carbocycles. The number of hydrogen-bond acceptors (Lipinski definition) is 5. The fraction of sp³-hybridized carbons (Fsp3) is 0.190. The summed E-state index contributed by atoms with van der Waals surface area (Å²) in [6.07, 6.45) is 1.60. The number of fused-ring (bicyclic) bond motifs is 1. The number of nitrogens with zero attached hydrogens (tertiary/aromatic N) is 3. The number of rotatable bonds is 4. The van der Waals surface area contributed by atoms with Crippen molar-refractivity contribution in [2.75, 3.05) is 7.05 Å².